The molecule has 0 radical (unpaired) electrons. The minimum absolute atomic E-state index is 0.209. The van der Waals surface area contributed by atoms with Crippen LogP contribution in [0, 0.1) is 18.6 Å². The predicted octanol–water partition coefficient (Wildman–Crippen LogP) is 3.39. The van der Waals surface area contributed by atoms with Gasteiger partial charge in [0.25, 0.3) is 0 Å². The van der Waals surface area contributed by atoms with Gasteiger partial charge < -0.3 is 15.8 Å². The molecule has 0 amide bonds. The fraction of sp³-hybridized carbons (Fsp3) is 0.250. The van der Waals surface area contributed by atoms with E-state index < -0.39 is 5.82 Å². The van der Waals surface area contributed by atoms with Crippen molar-refractivity contribution in [1.29, 1.82) is 0 Å². The summed E-state index contributed by atoms with van der Waals surface area (Å²) < 4.78 is 32.4. The minimum atomic E-state index is -0.414. The normalized spacial score (nSPS) is 12.0. The Morgan fingerprint density at radius 1 is 1.19 bits per heavy atom. The van der Waals surface area contributed by atoms with Gasteiger partial charge in [0.2, 0.25) is 0 Å². The van der Waals surface area contributed by atoms with E-state index in [-0.39, 0.29) is 24.1 Å². The van der Waals surface area contributed by atoms with Crippen molar-refractivity contribution in [3.63, 3.8) is 0 Å². The summed E-state index contributed by atoms with van der Waals surface area (Å²) in [4.78, 5) is 0. The molecule has 0 aliphatic carbocycles. The van der Waals surface area contributed by atoms with Gasteiger partial charge in [-0.2, -0.15) is 0 Å². The van der Waals surface area contributed by atoms with E-state index in [1.165, 1.54) is 31.4 Å². The molecule has 112 valence electrons. The average molecular weight is 292 g/mol. The molecule has 0 bridgehead atoms. The number of benzene rings is 2. The molecule has 0 saturated heterocycles. The Bertz CT molecular complexity index is 632. The van der Waals surface area contributed by atoms with Gasteiger partial charge in [-0.05, 0) is 42.3 Å². The van der Waals surface area contributed by atoms with E-state index in [0.29, 0.717) is 11.3 Å². The van der Waals surface area contributed by atoms with Gasteiger partial charge >= 0.3 is 0 Å². The number of anilines is 1. The summed E-state index contributed by atoms with van der Waals surface area (Å²) in [6.07, 6.45) is 0. The first-order valence-electron chi connectivity index (χ1n) is 6.61. The third-order valence-corrected chi connectivity index (χ3v) is 3.36. The van der Waals surface area contributed by atoms with Crippen molar-refractivity contribution in [2.24, 2.45) is 5.73 Å². The molecular formula is C16H18F2N2O. The standard InChI is InChI=1S/C16H18F2N2O/c1-10-3-4-11(17)7-13(10)16(9-19)20-15-8-12(21-2)5-6-14(15)18/h3-8,16,20H,9,19H2,1-2H3. The van der Waals surface area contributed by atoms with E-state index >= 15 is 0 Å². The molecule has 0 saturated carbocycles. The van der Waals surface area contributed by atoms with Gasteiger partial charge in [0.1, 0.15) is 17.4 Å². The number of hydrogen-bond donors (Lipinski definition) is 2. The maximum atomic E-state index is 13.9. The largest absolute Gasteiger partial charge is 0.497 e. The highest BCUT2D eigenvalue weighted by Crippen LogP contribution is 2.27. The molecule has 0 spiro atoms. The van der Waals surface area contributed by atoms with E-state index in [1.54, 1.807) is 12.1 Å². The molecule has 21 heavy (non-hydrogen) atoms. The summed E-state index contributed by atoms with van der Waals surface area (Å²) in [7, 11) is 1.51. The second-order valence-corrected chi connectivity index (χ2v) is 4.78. The zero-order valence-electron chi connectivity index (χ0n) is 12.0. The number of aryl methyl sites for hydroxylation is 1. The van der Waals surface area contributed by atoms with Crippen LogP contribution in [0.2, 0.25) is 0 Å². The van der Waals surface area contributed by atoms with Crippen molar-refractivity contribution in [2.45, 2.75) is 13.0 Å². The Morgan fingerprint density at radius 2 is 1.95 bits per heavy atom. The molecule has 3 nitrogen and oxygen atoms in total. The van der Waals surface area contributed by atoms with Crippen molar-refractivity contribution in [2.75, 3.05) is 19.0 Å². The van der Waals surface area contributed by atoms with Gasteiger partial charge in [-0.25, -0.2) is 8.78 Å². The third-order valence-electron chi connectivity index (χ3n) is 3.36. The van der Waals surface area contributed by atoms with Crippen LogP contribution in [0.1, 0.15) is 17.2 Å². The zero-order valence-corrected chi connectivity index (χ0v) is 12.0. The number of ether oxygens (including phenoxy) is 1. The lowest BCUT2D eigenvalue weighted by atomic mass is 10.0. The lowest BCUT2D eigenvalue weighted by molar-refractivity contribution is 0.414. The average Bonchev–Trinajstić information content (AvgIpc) is 2.49. The van der Waals surface area contributed by atoms with Gasteiger partial charge in [0, 0.05) is 12.6 Å². The third kappa shape index (κ3) is 3.49. The Kier molecular flexibility index (Phi) is 4.75. The maximum absolute atomic E-state index is 13.9. The van der Waals surface area contributed by atoms with Crippen LogP contribution in [0.5, 0.6) is 5.75 Å². The SMILES string of the molecule is COc1ccc(F)c(NC(CN)c2cc(F)ccc2C)c1. The van der Waals surface area contributed by atoms with E-state index in [9.17, 15) is 8.78 Å². The monoisotopic (exact) mass is 292 g/mol. The number of nitrogens with one attached hydrogen (secondary N) is 1. The Labute approximate surface area is 122 Å². The maximum Gasteiger partial charge on any atom is 0.146 e. The van der Waals surface area contributed by atoms with Crippen LogP contribution >= 0.6 is 0 Å². The summed E-state index contributed by atoms with van der Waals surface area (Å²) in [6, 6.07) is 8.49. The lowest BCUT2D eigenvalue weighted by Gasteiger charge is -2.21. The highest BCUT2D eigenvalue weighted by Gasteiger charge is 2.15. The van der Waals surface area contributed by atoms with Crippen LogP contribution in [0.4, 0.5) is 14.5 Å². The number of methoxy groups -OCH3 is 1. The van der Waals surface area contributed by atoms with Crippen molar-refractivity contribution in [1.82, 2.24) is 0 Å². The molecular weight excluding hydrogens is 274 g/mol. The van der Waals surface area contributed by atoms with Gasteiger partial charge in [0.05, 0.1) is 18.8 Å². The minimum Gasteiger partial charge on any atom is -0.497 e. The van der Waals surface area contributed by atoms with E-state index in [2.05, 4.69) is 5.32 Å². The van der Waals surface area contributed by atoms with Crippen LogP contribution in [-0.2, 0) is 0 Å². The van der Waals surface area contributed by atoms with Gasteiger partial charge in [-0.1, -0.05) is 6.07 Å². The Hall–Kier alpha value is -2.14. The summed E-state index contributed by atoms with van der Waals surface area (Å²) in [5, 5.41) is 3.01. The van der Waals surface area contributed by atoms with E-state index in [1.807, 2.05) is 6.92 Å². The molecule has 5 heteroatoms. The smallest absolute Gasteiger partial charge is 0.146 e. The fourth-order valence-electron chi connectivity index (χ4n) is 2.18. The number of halogens is 2. The highest BCUT2D eigenvalue weighted by molar-refractivity contribution is 5.52. The van der Waals surface area contributed by atoms with Crippen LogP contribution in [0.3, 0.4) is 0 Å². The zero-order chi connectivity index (χ0) is 15.4. The Morgan fingerprint density at radius 3 is 2.62 bits per heavy atom. The van der Waals surface area contributed by atoms with E-state index in [0.717, 1.165) is 5.56 Å². The highest BCUT2D eigenvalue weighted by atomic mass is 19.1. The molecule has 0 fully saturated rings. The first-order valence-corrected chi connectivity index (χ1v) is 6.61. The number of nitrogens with two attached hydrogens (primary N) is 1. The quantitative estimate of drug-likeness (QED) is 0.888. The molecule has 2 aromatic rings. The summed E-state index contributed by atoms with van der Waals surface area (Å²) >= 11 is 0. The molecule has 0 aliphatic heterocycles. The van der Waals surface area contributed by atoms with Gasteiger partial charge in [0.15, 0.2) is 0 Å². The molecule has 1 atom stereocenters. The summed E-state index contributed by atoms with van der Waals surface area (Å²) in [6.45, 7) is 2.07. The molecule has 0 aromatic heterocycles. The van der Waals surface area contributed by atoms with Crippen LogP contribution in [0.15, 0.2) is 36.4 Å². The number of rotatable bonds is 5. The molecule has 3 N–H and O–H groups in total. The lowest BCUT2D eigenvalue weighted by Crippen LogP contribution is -2.22. The van der Waals surface area contributed by atoms with Crippen molar-refractivity contribution in [3.8, 4) is 5.75 Å². The van der Waals surface area contributed by atoms with Crippen LogP contribution in [0.25, 0.3) is 0 Å². The van der Waals surface area contributed by atoms with Crippen LogP contribution in [-0.4, -0.2) is 13.7 Å². The molecule has 0 heterocycles. The van der Waals surface area contributed by atoms with Crippen molar-refractivity contribution >= 4 is 5.69 Å². The van der Waals surface area contributed by atoms with Gasteiger partial charge in [-0.15, -0.1) is 0 Å². The number of hydrogen-bond acceptors (Lipinski definition) is 3. The molecule has 2 rings (SSSR count). The van der Waals surface area contributed by atoms with Crippen molar-refractivity contribution in [3.05, 3.63) is 59.2 Å². The first kappa shape index (κ1) is 15.3. The van der Waals surface area contributed by atoms with Crippen molar-refractivity contribution < 1.29 is 13.5 Å². The predicted molar refractivity (Wildman–Crippen MR) is 79.5 cm³/mol. The second-order valence-electron chi connectivity index (χ2n) is 4.78. The fourth-order valence-corrected chi connectivity index (χ4v) is 2.18. The Balaban J connectivity index is 2.33. The molecule has 2 aromatic carbocycles. The molecule has 0 aliphatic rings. The van der Waals surface area contributed by atoms with E-state index in [4.69, 9.17) is 10.5 Å². The molecule has 1 unspecified atom stereocenters. The van der Waals surface area contributed by atoms with Crippen LogP contribution < -0.4 is 15.8 Å². The second kappa shape index (κ2) is 6.54. The summed E-state index contributed by atoms with van der Waals surface area (Å²) in [5.74, 6) is -0.226. The topological polar surface area (TPSA) is 47.3 Å². The summed E-state index contributed by atoms with van der Waals surface area (Å²) in [5.41, 5.74) is 7.62. The first-order chi connectivity index (χ1) is 10.0. The van der Waals surface area contributed by atoms with Gasteiger partial charge in [-0.3, -0.25) is 0 Å².